The summed E-state index contributed by atoms with van der Waals surface area (Å²) < 4.78 is 6.26. The molecule has 0 saturated carbocycles. The number of nitrogens with one attached hydrogen (secondary N) is 1. The fourth-order valence-corrected chi connectivity index (χ4v) is 5.24. The number of fused-ring (bicyclic) bond motifs is 6. The van der Waals surface area contributed by atoms with Gasteiger partial charge in [0.25, 0.3) is 0 Å². The molecule has 0 radical (unpaired) electrons. The standard InChI is InChI=1S/C33H22O.CH5N.CH3N/c1-21-6-4-8-26(18-21)28-10-5-11-32-33(28)30-20-25(16-17-31(30)34-32)24-15-14-23-13-12-22-7-2-3-9-27(22)29(23)19-24;2*1-2/h2-20H,1H3;2H2,1H3;2H,1H2. The Morgan fingerprint density at radius 3 is 2.00 bits per heavy atom. The fourth-order valence-electron chi connectivity index (χ4n) is 5.24. The first kappa shape index (κ1) is 24.9. The summed E-state index contributed by atoms with van der Waals surface area (Å²) in [6.07, 6.45) is 0. The van der Waals surface area contributed by atoms with Crippen molar-refractivity contribution >= 4 is 50.2 Å². The van der Waals surface area contributed by atoms with Crippen LogP contribution in [0.4, 0.5) is 0 Å². The van der Waals surface area contributed by atoms with Crippen molar-refractivity contribution in [3.8, 4) is 22.3 Å². The summed E-state index contributed by atoms with van der Waals surface area (Å²) in [5.74, 6) is 0. The first-order valence-corrected chi connectivity index (χ1v) is 12.6. The van der Waals surface area contributed by atoms with E-state index in [1.54, 1.807) is 0 Å². The minimum absolute atomic E-state index is 0.921. The number of aryl methyl sites for hydroxylation is 1. The van der Waals surface area contributed by atoms with Crippen molar-refractivity contribution in [2.75, 3.05) is 7.05 Å². The van der Waals surface area contributed by atoms with Crippen molar-refractivity contribution in [1.29, 1.82) is 5.41 Å². The molecule has 7 rings (SSSR count). The van der Waals surface area contributed by atoms with E-state index in [-0.39, 0.29) is 0 Å². The maximum Gasteiger partial charge on any atom is 0.136 e. The fraction of sp³-hybridized carbons (Fsp3) is 0.0571. The lowest BCUT2D eigenvalue weighted by atomic mass is 9.95. The summed E-state index contributed by atoms with van der Waals surface area (Å²) in [5.41, 5.74) is 12.4. The maximum atomic E-state index is 6.26. The highest BCUT2D eigenvalue weighted by Crippen LogP contribution is 2.39. The minimum atomic E-state index is 0.921. The number of furan rings is 1. The Bertz CT molecular complexity index is 1900. The van der Waals surface area contributed by atoms with Crippen LogP contribution in [0.1, 0.15) is 5.56 Å². The third-order valence-electron chi connectivity index (χ3n) is 6.90. The topological polar surface area (TPSA) is 63.0 Å². The minimum Gasteiger partial charge on any atom is -0.456 e. The molecular weight excluding hydrogens is 464 g/mol. The summed E-state index contributed by atoms with van der Waals surface area (Å²) in [7, 11) is 1.50. The predicted molar refractivity (Wildman–Crippen MR) is 164 cm³/mol. The molecule has 0 fully saturated rings. The van der Waals surface area contributed by atoms with Crippen LogP contribution in [0.2, 0.25) is 0 Å². The Kier molecular flexibility index (Phi) is 7.03. The molecule has 0 aliphatic rings. The van der Waals surface area contributed by atoms with Gasteiger partial charge in [0.15, 0.2) is 0 Å². The van der Waals surface area contributed by atoms with Gasteiger partial charge in [-0.25, -0.2) is 0 Å². The molecule has 0 amide bonds. The average Bonchev–Trinajstić information content (AvgIpc) is 3.37. The molecule has 0 aliphatic heterocycles. The smallest absolute Gasteiger partial charge is 0.136 e. The molecule has 0 aliphatic carbocycles. The zero-order valence-electron chi connectivity index (χ0n) is 21.7. The molecule has 3 nitrogen and oxygen atoms in total. The SMILES string of the molecule is C=N.CN.Cc1cccc(-c2cccc3oc4ccc(-c5ccc6ccc7ccccc7c6c5)cc4c23)c1. The lowest BCUT2D eigenvalue weighted by Crippen LogP contribution is -1.83. The average molecular weight is 495 g/mol. The number of rotatable bonds is 2. The zero-order chi connectivity index (χ0) is 26.6. The number of benzene rings is 6. The van der Waals surface area contributed by atoms with Gasteiger partial charge in [-0.15, -0.1) is 0 Å². The Hall–Kier alpha value is -4.73. The van der Waals surface area contributed by atoms with Gasteiger partial charge < -0.3 is 15.6 Å². The van der Waals surface area contributed by atoms with Crippen molar-refractivity contribution in [2.45, 2.75) is 6.92 Å². The number of hydrogen-bond acceptors (Lipinski definition) is 3. The van der Waals surface area contributed by atoms with E-state index in [1.165, 1.54) is 61.8 Å². The molecule has 186 valence electrons. The first-order chi connectivity index (χ1) is 18.7. The van der Waals surface area contributed by atoms with Crippen LogP contribution in [-0.2, 0) is 0 Å². The second-order valence-electron chi connectivity index (χ2n) is 9.08. The van der Waals surface area contributed by atoms with E-state index in [4.69, 9.17) is 9.83 Å². The van der Waals surface area contributed by atoms with Crippen LogP contribution in [0.5, 0.6) is 0 Å². The monoisotopic (exact) mass is 494 g/mol. The maximum absolute atomic E-state index is 6.26. The molecule has 0 atom stereocenters. The van der Waals surface area contributed by atoms with Crippen LogP contribution in [0, 0.1) is 12.3 Å². The molecule has 3 heteroatoms. The Morgan fingerprint density at radius 2 is 1.21 bits per heavy atom. The van der Waals surface area contributed by atoms with E-state index in [1.807, 2.05) is 0 Å². The summed E-state index contributed by atoms with van der Waals surface area (Å²) in [6.45, 7) is 4.64. The van der Waals surface area contributed by atoms with Gasteiger partial charge in [0.1, 0.15) is 11.2 Å². The van der Waals surface area contributed by atoms with E-state index in [0.717, 1.165) is 16.6 Å². The van der Waals surface area contributed by atoms with Gasteiger partial charge in [-0.05, 0) is 88.8 Å². The van der Waals surface area contributed by atoms with Crippen LogP contribution in [0.25, 0.3) is 65.7 Å². The van der Waals surface area contributed by atoms with Crippen LogP contribution >= 0.6 is 0 Å². The Morgan fingerprint density at radius 1 is 0.553 bits per heavy atom. The summed E-state index contributed by atoms with van der Waals surface area (Å²) in [4.78, 5) is 0. The van der Waals surface area contributed by atoms with Crippen molar-refractivity contribution in [3.63, 3.8) is 0 Å². The van der Waals surface area contributed by atoms with E-state index >= 15 is 0 Å². The quantitative estimate of drug-likeness (QED) is 0.186. The molecule has 0 bridgehead atoms. The van der Waals surface area contributed by atoms with Crippen LogP contribution in [0.3, 0.4) is 0 Å². The second-order valence-corrected chi connectivity index (χ2v) is 9.08. The highest BCUT2D eigenvalue weighted by atomic mass is 16.3. The lowest BCUT2D eigenvalue weighted by molar-refractivity contribution is 0.669. The number of nitrogens with two attached hydrogens (primary N) is 1. The summed E-state index contributed by atoms with van der Waals surface area (Å²) in [6, 6.07) is 41.4. The third-order valence-corrected chi connectivity index (χ3v) is 6.90. The molecule has 0 unspecified atom stereocenters. The van der Waals surface area contributed by atoms with E-state index in [0.29, 0.717) is 0 Å². The zero-order valence-corrected chi connectivity index (χ0v) is 21.7. The summed E-state index contributed by atoms with van der Waals surface area (Å²) in [5, 5.41) is 12.9. The van der Waals surface area contributed by atoms with Gasteiger partial charge in [-0.2, -0.15) is 0 Å². The van der Waals surface area contributed by atoms with Crippen molar-refractivity contribution in [2.24, 2.45) is 5.73 Å². The van der Waals surface area contributed by atoms with Crippen LogP contribution < -0.4 is 5.73 Å². The lowest BCUT2D eigenvalue weighted by Gasteiger charge is -2.08. The Labute approximate surface area is 222 Å². The second kappa shape index (κ2) is 10.7. The normalized spacial score (nSPS) is 10.7. The third kappa shape index (κ3) is 4.34. The molecule has 3 N–H and O–H groups in total. The van der Waals surface area contributed by atoms with Gasteiger partial charge in [0, 0.05) is 10.8 Å². The van der Waals surface area contributed by atoms with Gasteiger partial charge in [0.05, 0.1) is 0 Å². The molecule has 0 spiro atoms. The van der Waals surface area contributed by atoms with Gasteiger partial charge in [-0.1, -0.05) is 96.6 Å². The van der Waals surface area contributed by atoms with Crippen molar-refractivity contribution in [3.05, 3.63) is 121 Å². The largest absolute Gasteiger partial charge is 0.456 e. The molecule has 1 aromatic heterocycles. The number of hydrogen-bond donors (Lipinski definition) is 2. The first-order valence-electron chi connectivity index (χ1n) is 12.6. The molecule has 6 aromatic carbocycles. The van der Waals surface area contributed by atoms with E-state index in [9.17, 15) is 0 Å². The molecule has 0 saturated heterocycles. The summed E-state index contributed by atoms with van der Waals surface area (Å²) >= 11 is 0. The highest BCUT2D eigenvalue weighted by Gasteiger charge is 2.14. The van der Waals surface area contributed by atoms with Gasteiger partial charge in [-0.3, -0.25) is 0 Å². The predicted octanol–water partition coefficient (Wildman–Crippen LogP) is 9.38. The molecular formula is C35H30N2O. The van der Waals surface area contributed by atoms with Crippen molar-refractivity contribution < 1.29 is 4.42 Å². The molecule has 38 heavy (non-hydrogen) atoms. The van der Waals surface area contributed by atoms with Crippen LogP contribution in [-0.4, -0.2) is 13.8 Å². The van der Waals surface area contributed by atoms with Crippen molar-refractivity contribution in [1.82, 2.24) is 0 Å². The molecule has 1 heterocycles. The molecule has 7 aromatic rings. The Balaban J connectivity index is 0.000000704. The highest BCUT2D eigenvalue weighted by molar-refractivity contribution is 6.14. The van der Waals surface area contributed by atoms with E-state index < -0.39 is 0 Å². The van der Waals surface area contributed by atoms with Crippen LogP contribution in [0.15, 0.2) is 120 Å². The van der Waals surface area contributed by atoms with Gasteiger partial charge >= 0.3 is 0 Å². The van der Waals surface area contributed by atoms with Gasteiger partial charge in [0.2, 0.25) is 0 Å². The van der Waals surface area contributed by atoms with E-state index in [2.05, 4.69) is 135 Å².